The zero-order valence-corrected chi connectivity index (χ0v) is 13.8. The fourth-order valence-electron chi connectivity index (χ4n) is 2.08. The maximum Gasteiger partial charge on any atom is 0.330 e. The Morgan fingerprint density at radius 1 is 1.43 bits per heavy atom. The second kappa shape index (κ2) is 6.57. The van der Waals surface area contributed by atoms with Crippen molar-refractivity contribution in [3.05, 3.63) is 20.7 Å². The molecule has 1 aromatic rings. The van der Waals surface area contributed by atoms with Crippen molar-refractivity contribution in [1.82, 2.24) is 9.13 Å². The molecule has 1 aliphatic rings. The minimum atomic E-state index is -0.205. The summed E-state index contributed by atoms with van der Waals surface area (Å²) in [6.45, 7) is 2.18. The van der Waals surface area contributed by atoms with Gasteiger partial charge in [0.2, 0.25) is 0 Å². The quantitative estimate of drug-likeness (QED) is 0.622. The maximum absolute atomic E-state index is 12.0. The second-order valence-electron chi connectivity index (χ2n) is 4.59. The summed E-state index contributed by atoms with van der Waals surface area (Å²) in [7, 11) is 3.35. The maximum atomic E-state index is 12.0. The monoisotopic (exact) mass is 327 g/mol. The Kier molecular flexibility index (Phi) is 5.00. The van der Waals surface area contributed by atoms with E-state index in [4.69, 9.17) is 17.0 Å². The highest BCUT2D eigenvalue weighted by molar-refractivity contribution is 8.14. The molecule has 0 saturated carbocycles. The molecule has 0 unspecified atom stereocenters. The van der Waals surface area contributed by atoms with Crippen LogP contribution in [0.15, 0.2) is 9.79 Å². The van der Waals surface area contributed by atoms with Gasteiger partial charge in [-0.2, -0.15) is 0 Å². The Bertz CT molecular complexity index is 719. The van der Waals surface area contributed by atoms with E-state index in [2.05, 4.69) is 4.99 Å². The van der Waals surface area contributed by atoms with Crippen molar-refractivity contribution in [1.29, 1.82) is 0 Å². The molecular weight excluding hydrogens is 310 g/mol. The molecule has 0 radical (unpaired) electrons. The molecule has 21 heavy (non-hydrogen) atoms. The lowest BCUT2D eigenvalue weighted by Crippen LogP contribution is -2.28. The van der Waals surface area contributed by atoms with Crippen LogP contribution in [-0.4, -0.2) is 32.5 Å². The molecule has 2 rings (SSSR count). The molecular formula is C13H17N3O3S2. The zero-order valence-electron chi connectivity index (χ0n) is 12.2. The highest BCUT2D eigenvalue weighted by Crippen LogP contribution is 2.29. The van der Waals surface area contributed by atoms with E-state index >= 15 is 0 Å². The van der Waals surface area contributed by atoms with Gasteiger partial charge >= 0.3 is 11.7 Å². The fourth-order valence-corrected chi connectivity index (χ4v) is 3.22. The van der Waals surface area contributed by atoms with E-state index in [1.807, 2.05) is 0 Å². The Balaban J connectivity index is 2.09. The van der Waals surface area contributed by atoms with Gasteiger partial charge in [-0.1, -0.05) is 12.2 Å². The van der Waals surface area contributed by atoms with E-state index in [0.717, 1.165) is 10.6 Å². The molecule has 0 atom stereocenters. The van der Waals surface area contributed by atoms with Gasteiger partial charge in [0.1, 0.15) is 10.5 Å². The van der Waals surface area contributed by atoms with Crippen LogP contribution in [0, 0.1) is 4.64 Å². The number of aromatic nitrogens is 2. The highest BCUT2D eigenvalue weighted by atomic mass is 32.2. The standard InChI is InChI=1S/C13H17N3O3S2/c1-4-19-10(17)5-6-21-9-7-8-11(14-9)15(2)13(18)16(3)12(8)20/h4-7H2,1-3H3. The molecule has 1 aliphatic heterocycles. The van der Waals surface area contributed by atoms with Crippen LogP contribution >= 0.6 is 24.0 Å². The molecule has 0 spiro atoms. The molecule has 114 valence electrons. The van der Waals surface area contributed by atoms with Gasteiger partial charge in [-0.3, -0.25) is 13.9 Å². The number of hydrogen-bond donors (Lipinski definition) is 0. The lowest BCUT2D eigenvalue weighted by atomic mass is 10.2. The fraction of sp³-hybridized carbons (Fsp3) is 0.538. The van der Waals surface area contributed by atoms with Crippen molar-refractivity contribution < 1.29 is 9.53 Å². The first-order valence-electron chi connectivity index (χ1n) is 6.60. The van der Waals surface area contributed by atoms with Gasteiger partial charge in [0.25, 0.3) is 0 Å². The van der Waals surface area contributed by atoms with E-state index in [-0.39, 0.29) is 11.7 Å². The van der Waals surface area contributed by atoms with Crippen molar-refractivity contribution in [3.8, 4) is 0 Å². The number of carbonyl (C=O) groups is 1. The first-order valence-corrected chi connectivity index (χ1v) is 8.00. The Morgan fingerprint density at radius 2 is 2.14 bits per heavy atom. The number of ether oxygens (including phenoxy) is 1. The smallest absolute Gasteiger partial charge is 0.330 e. The molecule has 0 amide bonds. The Morgan fingerprint density at radius 3 is 2.81 bits per heavy atom. The van der Waals surface area contributed by atoms with Gasteiger partial charge in [0.05, 0.1) is 18.1 Å². The van der Waals surface area contributed by atoms with Gasteiger partial charge in [-0.05, 0) is 6.92 Å². The predicted octanol–water partition coefficient (Wildman–Crippen LogP) is 1.73. The highest BCUT2D eigenvalue weighted by Gasteiger charge is 2.21. The van der Waals surface area contributed by atoms with Crippen LogP contribution in [0.1, 0.15) is 18.9 Å². The SMILES string of the molecule is CCOC(=O)CCSC1=Nc2c(c(=S)n(C)c(=O)n2C)C1. The minimum absolute atomic E-state index is 0.180. The zero-order chi connectivity index (χ0) is 15.6. The topological polar surface area (TPSA) is 65.6 Å². The van der Waals surface area contributed by atoms with Gasteiger partial charge in [-0.15, -0.1) is 11.8 Å². The van der Waals surface area contributed by atoms with Crippen LogP contribution in [-0.2, 0) is 30.0 Å². The van der Waals surface area contributed by atoms with E-state index < -0.39 is 0 Å². The van der Waals surface area contributed by atoms with E-state index in [9.17, 15) is 9.59 Å². The Labute approximate surface area is 131 Å². The average Bonchev–Trinajstić information content (AvgIpc) is 2.87. The van der Waals surface area contributed by atoms with Gasteiger partial charge < -0.3 is 4.74 Å². The molecule has 0 bridgehead atoms. The van der Waals surface area contributed by atoms with Crippen molar-refractivity contribution >= 4 is 40.8 Å². The lowest BCUT2D eigenvalue weighted by molar-refractivity contribution is -0.142. The van der Waals surface area contributed by atoms with Crippen LogP contribution in [0.4, 0.5) is 5.82 Å². The van der Waals surface area contributed by atoms with E-state index in [1.54, 1.807) is 21.0 Å². The third-order valence-corrected chi connectivity index (χ3v) is 4.66. The van der Waals surface area contributed by atoms with Gasteiger partial charge in [0.15, 0.2) is 0 Å². The summed E-state index contributed by atoms with van der Waals surface area (Å²) in [5.41, 5.74) is 0.716. The lowest BCUT2D eigenvalue weighted by Gasteiger charge is -2.07. The van der Waals surface area contributed by atoms with Crippen molar-refractivity contribution in [2.45, 2.75) is 19.8 Å². The summed E-state index contributed by atoms with van der Waals surface area (Å²) < 4.78 is 8.36. The summed E-state index contributed by atoms with van der Waals surface area (Å²) in [5, 5.41) is 0.876. The molecule has 0 saturated heterocycles. The average molecular weight is 327 g/mol. The molecule has 1 aromatic heterocycles. The van der Waals surface area contributed by atoms with Crippen LogP contribution in [0.25, 0.3) is 0 Å². The number of thioether (sulfide) groups is 1. The summed E-state index contributed by atoms with van der Waals surface area (Å²) in [6.07, 6.45) is 0.963. The normalized spacial score (nSPS) is 13.0. The minimum Gasteiger partial charge on any atom is -0.466 e. The summed E-state index contributed by atoms with van der Waals surface area (Å²) >= 11 is 6.80. The molecule has 0 fully saturated rings. The summed E-state index contributed by atoms with van der Waals surface area (Å²) in [4.78, 5) is 27.7. The number of hydrogen-bond acceptors (Lipinski definition) is 6. The number of rotatable bonds is 4. The molecule has 0 aromatic carbocycles. The van der Waals surface area contributed by atoms with Crippen LogP contribution in [0.3, 0.4) is 0 Å². The van der Waals surface area contributed by atoms with Gasteiger partial charge in [-0.25, -0.2) is 9.79 Å². The third-order valence-electron chi connectivity index (χ3n) is 3.16. The second-order valence-corrected chi connectivity index (χ2v) is 6.15. The number of aliphatic imine (C=N–C) groups is 1. The Hall–Kier alpha value is -1.41. The molecule has 8 heteroatoms. The largest absolute Gasteiger partial charge is 0.466 e. The first kappa shape index (κ1) is 16.0. The van der Waals surface area contributed by atoms with Crippen LogP contribution in [0.5, 0.6) is 0 Å². The van der Waals surface area contributed by atoms with Crippen LogP contribution < -0.4 is 5.69 Å². The van der Waals surface area contributed by atoms with E-state index in [0.29, 0.717) is 35.7 Å². The number of nitrogens with zero attached hydrogens (tertiary/aromatic N) is 3. The van der Waals surface area contributed by atoms with Gasteiger partial charge in [0, 0.05) is 31.8 Å². The van der Waals surface area contributed by atoms with E-state index in [1.165, 1.54) is 20.9 Å². The molecule has 6 nitrogen and oxygen atoms in total. The number of esters is 1. The summed E-state index contributed by atoms with van der Waals surface area (Å²) in [5.74, 6) is 1.03. The van der Waals surface area contributed by atoms with Crippen molar-refractivity contribution in [2.75, 3.05) is 12.4 Å². The summed E-state index contributed by atoms with van der Waals surface area (Å²) in [6, 6.07) is 0. The molecule has 0 aliphatic carbocycles. The molecule has 2 heterocycles. The molecule has 0 N–H and O–H groups in total. The number of carbonyl (C=O) groups excluding carboxylic acids is 1. The predicted molar refractivity (Wildman–Crippen MR) is 86.0 cm³/mol. The number of fused-ring (bicyclic) bond motifs is 1. The third kappa shape index (κ3) is 3.26. The van der Waals surface area contributed by atoms with Crippen LogP contribution in [0.2, 0.25) is 0 Å². The van der Waals surface area contributed by atoms with Crippen molar-refractivity contribution in [3.63, 3.8) is 0 Å². The van der Waals surface area contributed by atoms with Crippen molar-refractivity contribution in [2.24, 2.45) is 19.1 Å². The first-order chi connectivity index (χ1) is 9.95.